The lowest BCUT2D eigenvalue weighted by atomic mass is 9.98. The first-order valence-electron chi connectivity index (χ1n) is 8.47. The number of carboxylic acids is 2. The summed E-state index contributed by atoms with van der Waals surface area (Å²) in [6, 6.07) is 16.2. The van der Waals surface area contributed by atoms with E-state index in [1.165, 1.54) is 6.08 Å². The van der Waals surface area contributed by atoms with Crippen LogP contribution in [0.2, 0.25) is 0 Å². The fraction of sp³-hybridized carbons (Fsp3) is 0. The Bertz CT molecular complexity index is 1260. The highest BCUT2D eigenvalue weighted by atomic mass is 16.4. The number of nitrogens with zero attached hydrogens (tertiary/aromatic N) is 2. The number of carbonyl (C=O) groups is 2. The predicted molar refractivity (Wildman–Crippen MR) is 106 cm³/mol. The second-order valence-corrected chi connectivity index (χ2v) is 6.14. The van der Waals surface area contributed by atoms with Crippen molar-refractivity contribution in [1.29, 1.82) is 0 Å². The molecule has 2 N–H and O–H groups in total. The second kappa shape index (κ2) is 6.92. The van der Waals surface area contributed by atoms with Gasteiger partial charge in [-0.05, 0) is 17.7 Å². The van der Waals surface area contributed by atoms with Gasteiger partial charge in [-0.25, -0.2) is 14.6 Å². The zero-order chi connectivity index (χ0) is 19.7. The molecule has 2 aromatic heterocycles. The van der Waals surface area contributed by atoms with Crippen molar-refractivity contribution in [3.63, 3.8) is 0 Å². The van der Waals surface area contributed by atoms with Crippen LogP contribution in [0.25, 0.3) is 34.0 Å². The third-order valence-corrected chi connectivity index (χ3v) is 4.42. The molecule has 0 unspecified atom stereocenters. The van der Waals surface area contributed by atoms with E-state index in [4.69, 9.17) is 0 Å². The lowest BCUT2D eigenvalue weighted by Gasteiger charge is -2.11. The van der Waals surface area contributed by atoms with Crippen LogP contribution in [0.4, 0.5) is 0 Å². The molecule has 6 nitrogen and oxygen atoms in total. The molecule has 2 aromatic carbocycles. The summed E-state index contributed by atoms with van der Waals surface area (Å²) >= 11 is 0. The molecule has 0 bridgehead atoms. The van der Waals surface area contributed by atoms with Gasteiger partial charge in [-0.1, -0.05) is 54.6 Å². The van der Waals surface area contributed by atoms with Crippen molar-refractivity contribution in [1.82, 2.24) is 9.97 Å². The van der Waals surface area contributed by atoms with Crippen LogP contribution in [0.3, 0.4) is 0 Å². The van der Waals surface area contributed by atoms with Crippen molar-refractivity contribution in [3.8, 4) is 0 Å². The molecule has 0 aliphatic heterocycles. The zero-order valence-corrected chi connectivity index (χ0v) is 14.5. The number of hydrogen-bond donors (Lipinski definition) is 2. The highest BCUT2D eigenvalue weighted by Crippen LogP contribution is 2.29. The SMILES string of the molecule is O=C(O)c1c(C=Cc2ccccc2)nc2c(ccc3cccnc32)c1C(=O)O. The molecule has 0 atom stereocenters. The smallest absolute Gasteiger partial charge is 0.338 e. The number of hydrogen-bond acceptors (Lipinski definition) is 4. The summed E-state index contributed by atoms with van der Waals surface area (Å²) in [6.07, 6.45) is 4.81. The molecule has 0 aliphatic rings. The Morgan fingerprint density at radius 3 is 2.25 bits per heavy atom. The number of carboxylic acid groups (broad SMARTS) is 2. The zero-order valence-electron chi connectivity index (χ0n) is 14.5. The number of rotatable bonds is 4. The van der Waals surface area contributed by atoms with E-state index in [1.54, 1.807) is 30.5 Å². The van der Waals surface area contributed by atoms with Crippen LogP contribution in [0.1, 0.15) is 32.0 Å². The van der Waals surface area contributed by atoms with E-state index in [9.17, 15) is 19.8 Å². The van der Waals surface area contributed by atoms with Crippen LogP contribution in [0.5, 0.6) is 0 Å². The van der Waals surface area contributed by atoms with Crippen molar-refractivity contribution in [2.75, 3.05) is 0 Å². The van der Waals surface area contributed by atoms with Crippen LogP contribution in [-0.4, -0.2) is 32.1 Å². The van der Waals surface area contributed by atoms with Crippen molar-refractivity contribution >= 4 is 45.9 Å². The third kappa shape index (κ3) is 2.97. The van der Waals surface area contributed by atoms with Gasteiger partial charge in [0.15, 0.2) is 0 Å². The molecule has 0 fully saturated rings. The third-order valence-electron chi connectivity index (χ3n) is 4.42. The molecule has 136 valence electrons. The van der Waals surface area contributed by atoms with Gasteiger partial charge in [-0.15, -0.1) is 0 Å². The lowest BCUT2D eigenvalue weighted by molar-refractivity contribution is 0.0652. The fourth-order valence-electron chi connectivity index (χ4n) is 3.18. The average molecular weight is 370 g/mol. The number of aromatic nitrogens is 2. The summed E-state index contributed by atoms with van der Waals surface area (Å²) in [5, 5.41) is 20.5. The van der Waals surface area contributed by atoms with Gasteiger partial charge in [0, 0.05) is 17.0 Å². The van der Waals surface area contributed by atoms with Crippen LogP contribution in [-0.2, 0) is 0 Å². The molecule has 28 heavy (non-hydrogen) atoms. The van der Waals surface area contributed by atoms with Gasteiger partial charge in [-0.3, -0.25) is 4.98 Å². The van der Waals surface area contributed by atoms with Crippen molar-refractivity contribution in [3.05, 3.63) is 83.2 Å². The Morgan fingerprint density at radius 1 is 0.786 bits per heavy atom. The van der Waals surface area contributed by atoms with Crippen molar-refractivity contribution in [2.45, 2.75) is 0 Å². The number of benzene rings is 2. The minimum Gasteiger partial charge on any atom is -0.478 e. The molecule has 0 radical (unpaired) electrons. The monoisotopic (exact) mass is 370 g/mol. The molecule has 0 spiro atoms. The van der Waals surface area contributed by atoms with E-state index in [2.05, 4.69) is 9.97 Å². The first-order chi connectivity index (χ1) is 13.6. The Hall–Kier alpha value is -4.06. The predicted octanol–water partition coefficient (Wildman–Crippen LogP) is 4.35. The molecule has 0 saturated heterocycles. The Morgan fingerprint density at radius 2 is 1.54 bits per heavy atom. The standard InChI is InChI=1S/C22H14N2O4/c25-21(26)17-15-10-9-14-7-4-12-23-19(14)20(15)24-16(18(17)22(27)28)11-8-13-5-2-1-3-6-13/h1-12H,(H,25,26)(H,27,28). The molecule has 0 aliphatic carbocycles. The second-order valence-electron chi connectivity index (χ2n) is 6.14. The maximum Gasteiger partial charge on any atom is 0.338 e. The highest BCUT2D eigenvalue weighted by molar-refractivity contribution is 6.16. The first kappa shape index (κ1) is 17.4. The van der Waals surface area contributed by atoms with Crippen molar-refractivity contribution in [2.24, 2.45) is 0 Å². The Kier molecular flexibility index (Phi) is 4.29. The quantitative estimate of drug-likeness (QED) is 0.518. The fourth-order valence-corrected chi connectivity index (χ4v) is 3.18. The number of aromatic carboxylic acids is 2. The van der Waals surface area contributed by atoms with E-state index in [0.29, 0.717) is 11.0 Å². The van der Waals surface area contributed by atoms with Crippen LogP contribution >= 0.6 is 0 Å². The summed E-state index contributed by atoms with van der Waals surface area (Å²) in [5.41, 5.74) is 1.15. The largest absolute Gasteiger partial charge is 0.478 e. The van der Waals surface area contributed by atoms with Gasteiger partial charge in [0.25, 0.3) is 0 Å². The summed E-state index contributed by atoms with van der Waals surface area (Å²) < 4.78 is 0. The Balaban J connectivity index is 2.08. The van der Waals surface area contributed by atoms with Gasteiger partial charge < -0.3 is 10.2 Å². The molecular weight excluding hydrogens is 356 g/mol. The molecule has 0 saturated carbocycles. The average Bonchev–Trinajstić information content (AvgIpc) is 2.71. The van der Waals surface area contributed by atoms with Crippen LogP contribution < -0.4 is 0 Å². The van der Waals surface area contributed by atoms with Crippen LogP contribution in [0.15, 0.2) is 60.8 Å². The highest BCUT2D eigenvalue weighted by Gasteiger charge is 2.25. The Labute approximate surface area is 159 Å². The molecule has 0 amide bonds. The van der Waals surface area contributed by atoms with E-state index in [1.807, 2.05) is 36.4 Å². The summed E-state index contributed by atoms with van der Waals surface area (Å²) in [4.78, 5) is 32.7. The molecule has 4 aromatic rings. The van der Waals surface area contributed by atoms with Crippen molar-refractivity contribution < 1.29 is 19.8 Å². The summed E-state index contributed by atoms with van der Waals surface area (Å²) in [6.45, 7) is 0. The number of fused-ring (bicyclic) bond motifs is 3. The minimum absolute atomic E-state index is 0.0689. The van der Waals surface area contributed by atoms with E-state index < -0.39 is 11.9 Å². The normalized spacial score (nSPS) is 11.3. The molecule has 4 rings (SSSR count). The number of pyridine rings is 2. The summed E-state index contributed by atoms with van der Waals surface area (Å²) in [7, 11) is 0. The van der Waals surface area contributed by atoms with Gasteiger partial charge in [-0.2, -0.15) is 0 Å². The van der Waals surface area contributed by atoms with E-state index >= 15 is 0 Å². The molecular formula is C22H14N2O4. The topological polar surface area (TPSA) is 100 Å². The van der Waals surface area contributed by atoms with E-state index in [0.717, 1.165) is 10.9 Å². The van der Waals surface area contributed by atoms with Gasteiger partial charge in [0.05, 0.1) is 22.3 Å². The minimum atomic E-state index is -1.35. The maximum atomic E-state index is 12.0. The summed E-state index contributed by atoms with van der Waals surface area (Å²) in [5.74, 6) is -2.67. The molecule has 6 heteroatoms. The van der Waals surface area contributed by atoms with Gasteiger partial charge >= 0.3 is 11.9 Å². The lowest BCUT2D eigenvalue weighted by Crippen LogP contribution is -2.13. The first-order valence-corrected chi connectivity index (χ1v) is 8.47. The maximum absolute atomic E-state index is 12.0. The van der Waals surface area contributed by atoms with Gasteiger partial charge in [0.2, 0.25) is 0 Å². The molecule has 2 heterocycles. The van der Waals surface area contributed by atoms with Crippen LogP contribution in [0, 0.1) is 0 Å². The van der Waals surface area contributed by atoms with E-state index in [-0.39, 0.29) is 22.2 Å². The van der Waals surface area contributed by atoms with Gasteiger partial charge in [0.1, 0.15) is 5.56 Å².